The van der Waals surface area contributed by atoms with E-state index in [1.54, 1.807) is 0 Å². The third kappa shape index (κ3) is 57.3. The topological polar surface area (TPSA) is 181 Å². The van der Waals surface area contributed by atoms with Crippen LogP contribution in [0, 0.1) is 0 Å². The van der Waals surface area contributed by atoms with Crippen molar-refractivity contribution in [2.75, 3.05) is 13.2 Å². The molecule has 0 rings (SSSR count). The summed E-state index contributed by atoms with van der Waals surface area (Å²) in [6.07, 6.45) is 4.24. The summed E-state index contributed by atoms with van der Waals surface area (Å²) in [6.45, 7) is 5.42. The van der Waals surface area contributed by atoms with Gasteiger partial charge in [0.05, 0.1) is 13.2 Å². The molecule has 0 bridgehead atoms. The highest BCUT2D eigenvalue weighted by Gasteiger charge is 1.88. The SMILES string of the molecule is CCCCOOOCCCC.O=S(=O)([O-])[O-].[NH4+].[NH4+]. The lowest BCUT2D eigenvalue weighted by molar-refractivity contribution is -0.512. The van der Waals surface area contributed by atoms with Crippen molar-refractivity contribution in [2.45, 2.75) is 39.5 Å². The van der Waals surface area contributed by atoms with E-state index in [-0.39, 0.29) is 12.3 Å². The van der Waals surface area contributed by atoms with Crippen LogP contribution in [0.3, 0.4) is 0 Å². The van der Waals surface area contributed by atoms with Gasteiger partial charge in [-0.1, -0.05) is 31.7 Å². The minimum atomic E-state index is -5.17. The Morgan fingerprint density at radius 3 is 1.39 bits per heavy atom. The molecule has 0 saturated carbocycles. The highest BCUT2D eigenvalue weighted by Crippen LogP contribution is 1.92. The molecule has 0 amide bonds. The molecule has 0 radical (unpaired) electrons. The lowest BCUT2D eigenvalue weighted by atomic mass is 10.4. The highest BCUT2D eigenvalue weighted by molar-refractivity contribution is 7.79. The van der Waals surface area contributed by atoms with Crippen molar-refractivity contribution in [1.82, 2.24) is 12.3 Å². The zero-order chi connectivity index (χ0) is 12.9. The number of quaternary nitrogens is 2. The fourth-order valence-corrected chi connectivity index (χ4v) is 0.509. The van der Waals surface area contributed by atoms with E-state index in [0.29, 0.717) is 13.2 Å². The smallest absolute Gasteiger partial charge is 0.0853 e. The van der Waals surface area contributed by atoms with Crippen LogP contribution < -0.4 is 12.3 Å². The van der Waals surface area contributed by atoms with Gasteiger partial charge in [-0.3, -0.25) is 8.42 Å². The average molecular weight is 294 g/mol. The van der Waals surface area contributed by atoms with Crippen molar-refractivity contribution in [3.05, 3.63) is 0 Å². The molecule has 0 aromatic carbocycles. The maximum atomic E-state index is 8.52. The molecule has 10 heteroatoms. The van der Waals surface area contributed by atoms with Crippen molar-refractivity contribution >= 4 is 10.4 Å². The minimum Gasteiger partial charge on any atom is -0.759 e. The van der Waals surface area contributed by atoms with Crippen LogP contribution in [0.2, 0.25) is 0 Å². The zero-order valence-corrected chi connectivity index (χ0v) is 12.3. The number of hydrogen-bond donors (Lipinski definition) is 2. The molecule has 0 heterocycles. The van der Waals surface area contributed by atoms with Gasteiger partial charge in [-0.2, -0.15) is 0 Å². The second kappa shape index (κ2) is 19.0. The molecular weight excluding hydrogens is 268 g/mol. The maximum absolute atomic E-state index is 8.52. The quantitative estimate of drug-likeness (QED) is 0.225. The number of rotatable bonds is 8. The van der Waals surface area contributed by atoms with E-state index in [9.17, 15) is 0 Å². The van der Waals surface area contributed by atoms with Crippen molar-refractivity contribution in [1.29, 1.82) is 0 Å². The van der Waals surface area contributed by atoms with E-state index in [1.807, 2.05) is 0 Å². The molecule has 116 valence electrons. The third-order valence-electron chi connectivity index (χ3n) is 1.26. The first-order valence-corrected chi connectivity index (χ1v) is 6.32. The normalized spacial score (nSPS) is 9.56. The van der Waals surface area contributed by atoms with Crippen LogP contribution in [0.4, 0.5) is 0 Å². The number of unbranched alkanes of at least 4 members (excludes halogenated alkanes) is 2. The second-order valence-corrected chi connectivity index (χ2v) is 3.64. The van der Waals surface area contributed by atoms with Gasteiger partial charge in [0, 0.05) is 10.4 Å². The predicted octanol–water partition coefficient (Wildman–Crippen LogP) is 1.88. The van der Waals surface area contributed by atoms with Crippen molar-refractivity contribution in [2.24, 2.45) is 0 Å². The van der Waals surface area contributed by atoms with Gasteiger partial charge in [-0.15, -0.1) is 0 Å². The largest absolute Gasteiger partial charge is 0.759 e. The van der Waals surface area contributed by atoms with Gasteiger partial charge in [0.25, 0.3) is 0 Å². The van der Waals surface area contributed by atoms with Gasteiger partial charge in [0.1, 0.15) is 0 Å². The second-order valence-electron chi connectivity index (χ2n) is 2.83. The first-order valence-electron chi connectivity index (χ1n) is 4.99. The van der Waals surface area contributed by atoms with Crippen LogP contribution in [-0.4, -0.2) is 30.7 Å². The molecule has 0 unspecified atom stereocenters. The average Bonchev–Trinajstić information content (AvgIpc) is 2.14. The highest BCUT2D eigenvalue weighted by atomic mass is 32.3. The van der Waals surface area contributed by atoms with E-state index >= 15 is 0 Å². The molecule has 0 atom stereocenters. The van der Waals surface area contributed by atoms with E-state index < -0.39 is 10.4 Å². The van der Waals surface area contributed by atoms with Gasteiger partial charge < -0.3 is 21.4 Å². The summed E-state index contributed by atoms with van der Waals surface area (Å²) in [5.41, 5.74) is 0. The van der Waals surface area contributed by atoms with Crippen LogP contribution in [-0.2, 0) is 25.2 Å². The Labute approximate surface area is 108 Å². The molecule has 0 aromatic rings. The van der Waals surface area contributed by atoms with Crippen molar-refractivity contribution in [3.8, 4) is 0 Å². The van der Waals surface area contributed by atoms with E-state index in [0.717, 1.165) is 25.7 Å². The fraction of sp³-hybridized carbons (Fsp3) is 1.00. The summed E-state index contributed by atoms with van der Waals surface area (Å²) in [5, 5.41) is 4.44. The lowest BCUT2D eigenvalue weighted by Crippen LogP contribution is -1.99. The maximum Gasteiger partial charge on any atom is 0.0853 e. The van der Waals surface area contributed by atoms with Gasteiger partial charge >= 0.3 is 0 Å². The van der Waals surface area contributed by atoms with Crippen LogP contribution in [0.1, 0.15) is 39.5 Å². The first-order chi connectivity index (χ1) is 7.41. The summed E-state index contributed by atoms with van der Waals surface area (Å²) in [7, 11) is -5.17. The van der Waals surface area contributed by atoms with Gasteiger partial charge in [0.2, 0.25) is 0 Å². The monoisotopic (exact) mass is 294 g/mol. The lowest BCUT2D eigenvalue weighted by Gasteiger charge is -2.06. The van der Waals surface area contributed by atoms with Crippen LogP contribution in [0.5, 0.6) is 0 Å². The summed E-state index contributed by atoms with van der Waals surface area (Å²) in [6, 6.07) is 0. The van der Waals surface area contributed by atoms with E-state index in [2.05, 4.69) is 18.9 Å². The standard InChI is InChI=1S/C8H18O3.2H3N.H2O4S/c1-3-5-7-9-11-10-8-6-4-2;;;1-5(2,3)4/h3-8H2,1-2H3;2*1H3;(H2,1,2,3,4). The van der Waals surface area contributed by atoms with Crippen molar-refractivity contribution in [3.63, 3.8) is 0 Å². The van der Waals surface area contributed by atoms with Gasteiger partial charge in [-0.25, -0.2) is 9.78 Å². The Bertz CT molecular complexity index is 207. The van der Waals surface area contributed by atoms with Crippen LogP contribution in [0.25, 0.3) is 0 Å². The van der Waals surface area contributed by atoms with Crippen LogP contribution in [0.15, 0.2) is 0 Å². The predicted molar refractivity (Wildman–Crippen MR) is 65.2 cm³/mol. The Morgan fingerprint density at radius 2 is 1.17 bits per heavy atom. The molecule has 0 saturated heterocycles. The molecule has 8 N–H and O–H groups in total. The molecule has 9 nitrogen and oxygen atoms in total. The fourth-order valence-electron chi connectivity index (χ4n) is 0.509. The Balaban J connectivity index is -0.000000122. The van der Waals surface area contributed by atoms with Gasteiger partial charge in [0.15, 0.2) is 0 Å². The minimum absolute atomic E-state index is 0. The summed E-state index contributed by atoms with van der Waals surface area (Å²) >= 11 is 0. The molecule has 0 aliphatic rings. The van der Waals surface area contributed by atoms with Crippen molar-refractivity contribution < 1.29 is 32.3 Å². The molecule has 0 fully saturated rings. The van der Waals surface area contributed by atoms with E-state index in [1.165, 1.54) is 0 Å². The summed E-state index contributed by atoms with van der Waals surface area (Å²) in [4.78, 5) is 9.40. The Kier molecular flexibility index (Phi) is 27.8. The Morgan fingerprint density at radius 1 is 0.889 bits per heavy atom. The molecule has 18 heavy (non-hydrogen) atoms. The number of hydrogen-bond acceptors (Lipinski definition) is 7. The van der Waals surface area contributed by atoms with E-state index in [4.69, 9.17) is 27.3 Å². The van der Waals surface area contributed by atoms with Gasteiger partial charge in [-0.05, 0) is 12.8 Å². The molecule has 0 aliphatic carbocycles. The third-order valence-corrected chi connectivity index (χ3v) is 1.26. The van der Waals surface area contributed by atoms with Crippen LogP contribution >= 0.6 is 0 Å². The summed E-state index contributed by atoms with van der Waals surface area (Å²) < 4.78 is 34.1. The first kappa shape index (κ1) is 26.3. The molecule has 0 aromatic heterocycles. The molecular formula is C8H26N2O7S. The molecule has 0 aliphatic heterocycles. The summed E-state index contributed by atoms with van der Waals surface area (Å²) in [5.74, 6) is 0. The zero-order valence-electron chi connectivity index (χ0n) is 11.5. The Hall–Kier alpha value is -0.330. The molecule has 0 spiro atoms.